The minimum Gasteiger partial charge on any atom is -0.497 e. The molecule has 5 heteroatoms. The van der Waals surface area contributed by atoms with Gasteiger partial charge in [0.05, 0.1) is 25.9 Å². The third kappa shape index (κ3) is 4.85. The van der Waals surface area contributed by atoms with Crippen molar-refractivity contribution in [2.24, 2.45) is 5.92 Å². The van der Waals surface area contributed by atoms with Crippen LogP contribution in [-0.2, 0) is 4.79 Å². The first-order valence-corrected chi connectivity index (χ1v) is 12.4. The summed E-state index contributed by atoms with van der Waals surface area (Å²) in [6, 6.07) is 13.8. The Morgan fingerprint density at radius 3 is 2.53 bits per heavy atom. The Hall–Kier alpha value is -2.79. The number of amides is 1. The van der Waals surface area contributed by atoms with E-state index >= 15 is 0 Å². The van der Waals surface area contributed by atoms with Crippen molar-refractivity contribution in [2.45, 2.75) is 63.5 Å². The molecule has 2 unspecified atom stereocenters. The van der Waals surface area contributed by atoms with Crippen LogP contribution in [-0.4, -0.2) is 42.3 Å². The molecule has 0 aromatic heterocycles. The lowest BCUT2D eigenvalue weighted by atomic mass is 9.66. The molecular formula is C29H37NO4. The molecule has 34 heavy (non-hydrogen) atoms. The predicted molar refractivity (Wildman–Crippen MR) is 135 cm³/mol. The van der Waals surface area contributed by atoms with Gasteiger partial charge in [0.2, 0.25) is 5.91 Å². The van der Waals surface area contributed by atoms with Crippen LogP contribution in [0.25, 0.3) is 6.08 Å². The highest BCUT2D eigenvalue weighted by Crippen LogP contribution is 2.51. The van der Waals surface area contributed by atoms with E-state index in [0.717, 1.165) is 36.8 Å². The van der Waals surface area contributed by atoms with E-state index in [1.807, 2.05) is 29.2 Å². The van der Waals surface area contributed by atoms with E-state index in [9.17, 15) is 9.90 Å². The van der Waals surface area contributed by atoms with Gasteiger partial charge in [0, 0.05) is 24.1 Å². The molecule has 1 saturated carbocycles. The van der Waals surface area contributed by atoms with Gasteiger partial charge < -0.3 is 19.5 Å². The fraction of sp³-hybridized carbons (Fsp3) is 0.483. The number of hydrogen-bond acceptors (Lipinski definition) is 4. The van der Waals surface area contributed by atoms with Crippen molar-refractivity contribution in [1.29, 1.82) is 0 Å². The molecule has 4 rings (SSSR count). The number of rotatable bonds is 6. The number of likely N-dealkylation sites (tertiary alicyclic amines) is 1. The van der Waals surface area contributed by atoms with Crippen LogP contribution in [0.3, 0.4) is 0 Å². The van der Waals surface area contributed by atoms with Gasteiger partial charge in [-0.2, -0.15) is 0 Å². The standard InChI is InChI=1S/C29H37NO4/c1-20(2)22-11-8-21(9-12-22)10-15-27(31)30-18-17-29(32)16-6-5-7-25(29)28(30)24-19-23(33-3)13-14-26(24)34-4/h8-15,19-20,25,28,32H,5-7,16-18H2,1-4H3/b15-10+/t25?,28-,29?/m0/s1. The number of carbonyl (C=O) groups excluding carboxylic acids is 1. The number of carbonyl (C=O) groups is 1. The lowest BCUT2D eigenvalue weighted by Crippen LogP contribution is -2.56. The summed E-state index contributed by atoms with van der Waals surface area (Å²) >= 11 is 0. The summed E-state index contributed by atoms with van der Waals surface area (Å²) in [4.78, 5) is 15.5. The van der Waals surface area contributed by atoms with E-state index in [1.54, 1.807) is 20.3 Å². The van der Waals surface area contributed by atoms with Crippen LogP contribution >= 0.6 is 0 Å². The number of fused-ring (bicyclic) bond motifs is 1. The Kier molecular flexibility index (Phi) is 7.32. The molecule has 1 saturated heterocycles. The molecule has 2 aromatic rings. The van der Waals surface area contributed by atoms with Crippen molar-refractivity contribution in [1.82, 2.24) is 4.90 Å². The average molecular weight is 464 g/mol. The van der Waals surface area contributed by atoms with Crippen molar-refractivity contribution in [3.63, 3.8) is 0 Å². The highest BCUT2D eigenvalue weighted by atomic mass is 16.5. The number of aliphatic hydroxyl groups is 1. The third-order valence-corrected chi connectivity index (χ3v) is 7.63. The van der Waals surface area contributed by atoms with Gasteiger partial charge in [-0.05, 0) is 60.6 Å². The van der Waals surface area contributed by atoms with Crippen molar-refractivity contribution < 1.29 is 19.4 Å². The van der Waals surface area contributed by atoms with Crippen LogP contribution in [0.4, 0.5) is 0 Å². The molecule has 1 N–H and O–H groups in total. The summed E-state index contributed by atoms with van der Waals surface area (Å²) in [5, 5.41) is 11.6. The van der Waals surface area contributed by atoms with E-state index in [2.05, 4.69) is 38.1 Å². The van der Waals surface area contributed by atoms with Gasteiger partial charge in [-0.25, -0.2) is 0 Å². The van der Waals surface area contributed by atoms with Gasteiger partial charge in [0.15, 0.2) is 0 Å². The first-order chi connectivity index (χ1) is 16.4. The largest absolute Gasteiger partial charge is 0.497 e. The number of hydrogen-bond donors (Lipinski definition) is 1. The fourth-order valence-corrected chi connectivity index (χ4v) is 5.64. The van der Waals surface area contributed by atoms with E-state index in [-0.39, 0.29) is 17.9 Å². The molecule has 1 amide bonds. The summed E-state index contributed by atoms with van der Waals surface area (Å²) in [5.74, 6) is 1.82. The van der Waals surface area contributed by atoms with Crippen LogP contribution in [0.1, 0.15) is 74.6 Å². The van der Waals surface area contributed by atoms with Crippen LogP contribution in [0.2, 0.25) is 0 Å². The van der Waals surface area contributed by atoms with Crippen molar-refractivity contribution in [3.05, 3.63) is 65.2 Å². The summed E-state index contributed by atoms with van der Waals surface area (Å²) in [6.07, 6.45) is 7.88. The summed E-state index contributed by atoms with van der Waals surface area (Å²) < 4.78 is 11.2. The van der Waals surface area contributed by atoms with Gasteiger partial charge in [0.1, 0.15) is 11.5 Å². The molecule has 2 aromatic carbocycles. The van der Waals surface area contributed by atoms with Crippen LogP contribution in [0.5, 0.6) is 11.5 Å². The summed E-state index contributed by atoms with van der Waals surface area (Å²) in [7, 11) is 3.29. The maximum atomic E-state index is 13.5. The topological polar surface area (TPSA) is 59.0 Å². The zero-order valence-corrected chi connectivity index (χ0v) is 20.8. The Bertz CT molecular complexity index is 1030. The van der Waals surface area contributed by atoms with Crippen molar-refractivity contribution in [2.75, 3.05) is 20.8 Å². The first kappa shape index (κ1) is 24.3. The van der Waals surface area contributed by atoms with Crippen molar-refractivity contribution >= 4 is 12.0 Å². The molecular weight excluding hydrogens is 426 g/mol. The minimum absolute atomic E-state index is 0.0429. The smallest absolute Gasteiger partial charge is 0.247 e. The normalized spacial score (nSPS) is 24.8. The van der Waals surface area contributed by atoms with Gasteiger partial charge in [-0.1, -0.05) is 51.0 Å². The molecule has 2 fully saturated rings. The number of methoxy groups -OCH3 is 2. The zero-order valence-electron chi connectivity index (χ0n) is 20.8. The van der Waals surface area contributed by atoms with Crippen LogP contribution in [0.15, 0.2) is 48.5 Å². The van der Waals surface area contributed by atoms with E-state index in [4.69, 9.17) is 9.47 Å². The zero-order chi connectivity index (χ0) is 24.3. The molecule has 3 atom stereocenters. The Morgan fingerprint density at radius 2 is 1.85 bits per heavy atom. The number of piperidine rings is 1. The van der Waals surface area contributed by atoms with Crippen molar-refractivity contribution in [3.8, 4) is 11.5 Å². The molecule has 1 heterocycles. The first-order valence-electron chi connectivity index (χ1n) is 12.4. The Morgan fingerprint density at radius 1 is 1.09 bits per heavy atom. The lowest BCUT2D eigenvalue weighted by Gasteiger charge is -2.52. The monoisotopic (exact) mass is 463 g/mol. The Balaban J connectivity index is 1.68. The maximum absolute atomic E-state index is 13.5. The quantitative estimate of drug-likeness (QED) is 0.556. The molecule has 0 bridgehead atoms. The molecule has 2 aliphatic rings. The second kappa shape index (κ2) is 10.2. The highest BCUT2D eigenvalue weighted by Gasteiger charge is 2.50. The van der Waals surface area contributed by atoms with E-state index in [1.165, 1.54) is 5.56 Å². The number of nitrogens with zero attached hydrogens (tertiary/aromatic N) is 1. The third-order valence-electron chi connectivity index (χ3n) is 7.63. The molecule has 1 aliphatic carbocycles. The minimum atomic E-state index is -0.760. The van der Waals surface area contributed by atoms with Gasteiger partial charge >= 0.3 is 0 Å². The lowest BCUT2D eigenvalue weighted by molar-refractivity contribution is -0.151. The maximum Gasteiger partial charge on any atom is 0.247 e. The molecule has 1 aliphatic heterocycles. The highest BCUT2D eigenvalue weighted by molar-refractivity contribution is 5.92. The Labute approximate surface area is 203 Å². The molecule has 0 spiro atoms. The average Bonchev–Trinajstić information content (AvgIpc) is 2.86. The molecule has 182 valence electrons. The predicted octanol–water partition coefficient (Wildman–Crippen LogP) is 5.74. The fourth-order valence-electron chi connectivity index (χ4n) is 5.64. The molecule has 5 nitrogen and oxygen atoms in total. The molecule has 0 radical (unpaired) electrons. The van der Waals surface area contributed by atoms with Gasteiger partial charge in [-0.15, -0.1) is 0 Å². The number of ether oxygens (including phenoxy) is 2. The summed E-state index contributed by atoms with van der Waals surface area (Å²) in [5.41, 5.74) is 2.42. The van der Waals surface area contributed by atoms with Crippen LogP contribution in [0, 0.1) is 5.92 Å². The van der Waals surface area contributed by atoms with Gasteiger partial charge in [0.25, 0.3) is 0 Å². The SMILES string of the molecule is COc1ccc(OC)c([C@H]2C3CCCCC3(O)CCN2C(=O)/C=C/c2ccc(C(C)C)cc2)c1. The summed E-state index contributed by atoms with van der Waals surface area (Å²) in [6.45, 7) is 4.85. The second-order valence-electron chi connectivity index (χ2n) is 9.94. The second-order valence-corrected chi connectivity index (χ2v) is 9.94. The number of benzene rings is 2. The van der Waals surface area contributed by atoms with Crippen LogP contribution < -0.4 is 9.47 Å². The van der Waals surface area contributed by atoms with Gasteiger partial charge in [-0.3, -0.25) is 4.79 Å². The van der Waals surface area contributed by atoms with E-state index < -0.39 is 5.60 Å². The van der Waals surface area contributed by atoms with E-state index in [0.29, 0.717) is 30.4 Å².